The van der Waals surface area contributed by atoms with Gasteiger partial charge in [-0.05, 0) is 80.0 Å². The van der Waals surface area contributed by atoms with Crippen molar-refractivity contribution in [2.45, 2.75) is 62.3 Å². The topological polar surface area (TPSA) is 152 Å². The molecule has 5 aliphatic rings. The van der Waals surface area contributed by atoms with Crippen LogP contribution in [0.2, 0.25) is 5.02 Å². The van der Waals surface area contributed by atoms with Gasteiger partial charge in [0, 0.05) is 87.6 Å². The van der Waals surface area contributed by atoms with Crippen molar-refractivity contribution in [3.05, 3.63) is 88.1 Å². The summed E-state index contributed by atoms with van der Waals surface area (Å²) in [6.45, 7) is 6.49. The molecule has 1 spiro atoms. The Hall–Kier alpha value is -5.10. The number of hydrogen-bond donors (Lipinski definition) is 3. The molecular weight excluding hydrogens is 840 g/mol. The first-order valence-corrected chi connectivity index (χ1v) is 23.4. The molecule has 9 rings (SSSR count). The summed E-state index contributed by atoms with van der Waals surface area (Å²) >= 11 is 6.58. The van der Waals surface area contributed by atoms with Gasteiger partial charge in [-0.2, -0.15) is 4.98 Å². The number of methoxy groups -OCH3 is 1. The Morgan fingerprint density at radius 1 is 0.952 bits per heavy atom. The maximum Gasteiger partial charge on any atom is 0.234 e. The number of nitrogens with one attached hydrogen (secondary N) is 3. The average Bonchev–Trinajstić information content (AvgIpc) is 3.96. The lowest BCUT2D eigenvalue weighted by atomic mass is 9.89. The van der Waals surface area contributed by atoms with Gasteiger partial charge in [0.15, 0.2) is 5.82 Å². The SMILES string of the molecule is COc1cc(N2CCC(N3CCN(CCc4cc(F)c(C5CCC(=O)NC5=O)c(F)c4)CC3)CC2)ccc1Nc1ncc(Cl)c(Nc2cccc3c2N(S(C)(=O)=O)CC32CC2)n1. The molecule has 3 saturated heterocycles. The predicted molar refractivity (Wildman–Crippen MR) is 235 cm³/mol. The van der Waals surface area contributed by atoms with Gasteiger partial charge in [-0.25, -0.2) is 22.2 Å². The lowest BCUT2D eigenvalue weighted by molar-refractivity contribution is -0.134. The lowest BCUT2D eigenvalue weighted by Gasteiger charge is -2.43. The molecule has 1 aliphatic carbocycles. The maximum atomic E-state index is 15.1. The number of anilines is 6. The van der Waals surface area contributed by atoms with E-state index in [2.05, 4.69) is 46.7 Å². The minimum Gasteiger partial charge on any atom is -0.494 e. The zero-order valence-corrected chi connectivity index (χ0v) is 36.3. The van der Waals surface area contributed by atoms with E-state index >= 15 is 8.78 Å². The van der Waals surface area contributed by atoms with E-state index in [-0.39, 0.29) is 28.8 Å². The summed E-state index contributed by atoms with van der Waals surface area (Å²) in [7, 11) is -1.88. The number of piperazine rings is 1. The van der Waals surface area contributed by atoms with Crippen molar-refractivity contribution in [2.75, 3.05) is 85.6 Å². The Labute approximate surface area is 365 Å². The number of fused-ring (bicyclic) bond motifs is 2. The number of hydrogen-bond acceptors (Lipinski definition) is 12. The molecule has 0 bridgehead atoms. The third-order valence-electron chi connectivity index (χ3n) is 13.2. The van der Waals surface area contributed by atoms with Gasteiger partial charge in [0.25, 0.3) is 0 Å². The Kier molecular flexibility index (Phi) is 11.5. The van der Waals surface area contributed by atoms with E-state index < -0.39 is 39.4 Å². The van der Waals surface area contributed by atoms with Gasteiger partial charge in [0.1, 0.15) is 22.4 Å². The lowest BCUT2D eigenvalue weighted by Crippen LogP contribution is -2.53. The summed E-state index contributed by atoms with van der Waals surface area (Å²) < 4.78 is 63.1. The largest absolute Gasteiger partial charge is 0.494 e. The van der Waals surface area contributed by atoms with Gasteiger partial charge < -0.3 is 25.2 Å². The number of benzene rings is 3. The fourth-order valence-corrected chi connectivity index (χ4v) is 10.7. The van der Waals surface area contributed by atoms with Crippen LogP contribution in [-0.4, -0.2) is 112 Å². The van der Waals surface area contributed by atoms with Crippen LogP contribution < -0.4 is 29.9 Å². The summed E-state index contributed by atoms with van der Waals surface area (Å²) in [4.78, 5) is 40.1. The molecule has 1 saturated carbocycles. The van der Waals surface area contributed by atoms with Gasteiger partial charge in [0.2, 0.25) is 27.8 Å². The van der Waals surface area contributed by atoms with E-state index in [0.29, 0.717) is 65.7 Å². The van der Waals surface area contributed by atoms with Gasteiger partial charge in [-0.3, -0.25) is 24.1 Å². The Morgan fingerprint density at radius 3 is 2.37 bits per heavy atom. The van der Waals surface area contributed by atoms with Crippen LogP contribution >= 0.6 is 11.6 Å². The summed E-state index contributed by atoms with van der Waals surface area (Å²) in [5.41, 5.74) is 4.16. The van der Waals surface area contributed by atoms with E-state index in [1.165, 1.54) is 28.9 Å². The van der Waals surface area contributed by atoms with Gasteiger partial charge in [-0.1, -0.05) is 23.7 Å². The number of aromatic nitrogens is 2. The molecule has 1 atom stereocenters. The fourth-order valence-electron chi connectivity index (χ4n) is 9.60. The number of para-hydroxylation sites is 1. The van der Waals surface area contributed by atoms with Crippen LogP contribution in [-0.2, 0) is 31.4 Å². The van der Waals surface area contributed by atoms with Crippen molar-refractivity contribution in [1.82, 2.24) is 25.1 Å². The van der Waals surface area contributed by atoms with Crippen molar-refractivity contribution in [3.63, 3.8) is 0 Å². The highest BCUT2D eigenvalue weighted by molar-refractivity contribution is 7.92. The number of carbonyl (C=O) groups is 2. The monoisotopic (exact) mass is 889 g/mol. The van der Waals surface area contributed by atoms with Crippen molar-refractivity contribution in [2.24, 2.45) is 0 Å². The number of piperidine rings is 2. The number of rotatable bonds is 12. The second-order valence-corrected chi connectivity index (χ2v) is 19.4. The number of carbonyl (C=O) groups excluding carboxylic acids is 2. The normalized spacial score (nSPS) is 20.6. The van der Waals surface area contributed by atoms with Gasteiger partial charge >= 0.3 is 0 Å². The van der Waals surface area contributed by atoms with Crippen LogP contribution in [0.1, 0.15) is 61.1 Å². The van der Waals surface area contributed by atoms with Crippen molar-refractivity contribution in [1.29, 1.82) is 0 Å². The van der Waals surface area contributed by atoms with Crippen LogP contribution in [0, 0.1) is 11.6 Å². The van der Waals surface area contributed by atoms with Crippen LogP contribution in [0.4, 0.5) is 43.3 Å². The van der Waals surface area contributed by atoms with Crippen molar-refractivity contribution >= 4 is 68.0 Å². The standard InChI is InChI=1S/C44H50ClF2N9O5S/c1-61-37-24-29(6-8-35(37)50-43-48-25-32(45)41(52-43)49-36-5-3-4-31-40(36)56(62(2,59)60)26-44(31)13-14-44)54-16-11-28(12-17-54)55-20-18-53(19-21-55)15-10-27-22-33(46)39(34(47)23-27)30-7-9-38(57)51-42(30)58/h3-6,8,22-25,28,30H,7,9-21,26H2,1-2H3,(H,51,57,58)(H2,48,49,50,52). The molecule has 1 unspecified atom stereocenters. The highest BCUT2D eigenvalue weighted by Crippen LogP contribution is 2.59. The molecule has 328 valence electrons. The summed E-state index contributed by atoms with van der Waals surface area (Å²) in [5.74, 6) is -2.29. The predicted octanol–water partition coefficient (Wildman–Crippen LogP) is 6.06. The third-order valence-corrected chi connectivity index (χ3v) is 14.6. The molecule has 4 fully saturated rings. The minimum atomic E-state index is -3.50. The first kappa shape index (κ1) is 42.2. The molecule has 1 aromatic heterocycles. The molecule has 18 heteroatoms. The van der Waals surface area contributed by atoms with Crippen LogP contribution in [0.3, 0.4) is 0 Å². The average molecular weight is 890 g/mol. The number of amides is 2. The molecule has 2 amide bonds. The van der Waals surface area contributed by atoms with Gasteiger partial charge in [-0.15, -0.1) is 0 Å². The van der Waals surface area contributed by atoms with E-state index in [1.54, 1.807) is 7.11 Å². The third kappa shape index (κ3) is 8.51. The second-order valence-electron chi connectivity index (χ2n) is 17.1. The maximum absolute atomic E-state index is 15.1. The number of imide groups is 1. The van der Waals surface area contributed by atoms with E-state index in [9.17, 15) is 18.0 Å². The molecule has 4 aromatic rings. The van der Waals surface area contributed by atoms with E-state index in [4.69, 9.17) is 16.3 Å². The van der Waals surface area contributed by atoms with Crippen LogP contribution in [0.15, 0.2) is 54.7 Å². The highest BCUT2D eigenvalue weighted by Gasteiger charge is 2.54. The Balaban J connectivity index is 0.774. The summed E-state index contributed by atoms with van der Waals surface area (Å²) in [6, 6.07) is 14.9. The highest BCUT2D eigenvalue weighted by atomic mass is 35.5. The smallest absolute Gasteiger partial charge is 0.234 e. The molecule has 0 radical (unpaired) electrons. The first-order valence-electron chi connectivity index (χ1n) is 21.2. The molecule has 3 N–H and O–H groups in total. The van der Waals surface area contributed by atoms with E-state index in [1.807, 2.05) is 30.3 Å². The van der Waals surface area contributed by atoms with Crippen LogP contribution in [0.25, 0.3) is 0 Å². The summed E-state index contributed by atoms with van der Waals surface area (Å²) in [5, 5.41) is 9.03. The fraction of sp³-hybridized carbons (Fsp3) is 0.455. The quantitative estimate of drug-likeness (QED) is 0.142. The number of nitrogens with zero attached hydrogens (tertiary/aromatic N) is 6. The number of ether oxygens (including phenoxy) is 1. The van der Waals surface area contributed by atoms with Crippen molar-refractivity contribution < 1.29 is 31.5 Å². The second kappa shape index (κ2) is 16.9. The van der Waals surface area contributed by atoms with Crippen LogP contribution in [0.5, 0.6) is 5.75 Å². The number of halogens is 3. The minimum absolute atomic E-state index is 0.0604. The summed E-state index contributed by atoms with van der Waals surface area (Å²) in [6.07, 6.45) is 7.32. The number of sulfonamides is 1. The van der Waals surface area contributed by atoms with Crippen molar-refractivity contribution in [3.8, 4) is 5.75 Å². The molecule has 62 heavy (non-hydrogen) atoms. The zero-order chi connectivity index (χ0) is 43.3. The molecule has 3 aromatic carbocycles. The molecule has 14 nitrogen and oxygen atoms in total. The van der Waals surface area contributed by atoms with Gasteiger partial charge in [0.05, 0.1) is 42.5 Å². The molecule has 5 heterocycles. The Bertz CT molecular complexity index is 2490. The van der Waals surface area contributed by atoms with E-state index in [0.717, 1.165) is 76.2 Å². The Morgan fingerprint density at radius 2 is 1.69 bits per heavy atom. The molecular formula is C44H50ClF2N9O5S. The molecule has 4 aliphatic heterocycles. The zero-order valence-electron chi connectivity index (χ0n) is 34.7. The first-order chi connectivity index (χ1) is 29.8.